The van der Waals surface area contributed by atoms with Gasteiger partial charge in [0.2, 0.25) is 0 Å². The van der Waals surface area contributed by atoms with Crippen LogP contribution in [0, 0.1) is 0 Å². The van der Waals surface area contributed by atoms with Crippen molar-refractivity contribution in [1.82, 2.24) is 15.1 Å². The molecule has 2 N–H and O–H groups in total. The molecule has 1 heterocycles. The van der Waals surface area contributed by atoms with Crippen LogP contribution in [0.25, 0.3) is 0 Å². The molecule has 0 aliphatic heterocycles. The first kappa shape index (κ1) is 15.1. The number of aryl methyl sites for hydroxylation is 1. The van der Waals surface area contributed by atoms with E-state index in [0.29, 0.717) is 18.9 Å². The van der Waals surface area contributed by atoms with Crippen LogP contribution >= 0.6 is 0 Å². The summed E-state index contributed by atoms with van der Waals surface area (Å²) in [5, 5.41) is 16.4. The van der Waals surface area contributed by atoms with Crippen LogP contribution in [0.3, 0.4) is 0 Å². The monoisotopic (exact) mass is 289 g/mol. The SMILES string of the molecule is Cn1ccc(CCNCCOc2cccc(C(=O)O)c2)n1. The third kappa shape index (κ3) is 4.92. The standard InChI is InChI=1S/C15H19N3O3/c1-18-9-6-13(17-18)5-7-16-8-10-21-14-4-2-3-12(11-14)15(19)20/h2-4,6,9,11,16H,5,7-8,10H2,1H3,(H,19,20). The number of hydrogen-bond acceptors (Lipinski definition) is 4. The Morgan fingerprint density at radius 3 is 2.95 bits per heavy atom. The van der Waals surface area contributed by atoms with Gasteiger partial charge in [0.15, 0.2) is 0 Å². The predicted octanol–water partition coefficient (Wildman–Crippen LogP) is 1.33. The maximum Gasteiger partial charge on any atom is 0.335 e. The lowest BCUT2D eigenvalue weighted by molar-refractivity contribution is 0.0696. The fraction of sp³-hybridized carbons (Fsp3) is 0.333. The van der Waals surface area contributed by atoms with Gasteiger partial charge in [0.25, 0.3) is 0 Å². The molecule has 0 bridgehead atoms. The summed E-state index contributed by atoms with van der Waals surface area (Å²) >= 11 is 0. The van der Waals surface area contributed by atoms with Crippen LogP contribution in [0.5, 0.6) is 5.75 Å². The molecule has 6 heteroatoms. The van der Waals surface area contributed by atoms with E-state index in [2.05, 4.69) is 10.4 Å². The Morgan fingerprint density at radius 1 is 1.38 bits per heavy atom. The second-order valence-electron chi connectivity index (χ2n) is 4.66. The van der Waals surface area contributed by atoms with Gasteiger partial charge in [-0.15, -0.1) is 0 Å². The third-order valence-corrected chi connectivity index (χ3v) is 2.96. The second kappa shape index (κ2) is 7.44. The number of carbonyl (C=O) groups is 1. The molecule has 1 aromatic carbocycles. The summed E-state index contributed by atoms with van der Waals surface area (Å²) in [6, 6.07) is 8.49. The van der Waals surface area contributed by atoms with Crippen LogP contribution in [0.1, 0.15) is 16.1 Å². The predicted molar refractivity (Wildman–Crippen MR) is 78.7 cm³/mol. The van der Waals surface area contributed by atoms with Gasteiger partial charge in [-0.2, -0.15) is 5.10 Å². The summed E-state index contributed by atoms with van der Waals surface area (Å²) in [7, 11) is 1.90. The molecule has 0 atom stereocenters. The van der Waals surface area contributed by atoms with E-state index in [1.54, 1.807) is 22.9 Å². The number of rotatable bonds is 8. The molecular weight excluding hydrogens is 270 g/mol. The lowest BCUT2D eigenvalue weighted by atomic mass is 10.2. The summed E-state index contributed by atoms with van der Waals surface area (Å²) in [5.41, 5.74) is 1.29. The molecule has 21 heavy (non-hydrogen) atoms. The van der Waals surface area contributed by atoms with Gasteiger partial charge in [-0.3, -0.25) is 4.68 Å². The van der Waals surface area contributed by atoms with Crippen LogP contribution in [0.2, 0.25) is 0 Å². The molecule has 0 aliphatic rings. The van der Waals surface area contributed by atoms with Crippen LogP contribution in [0.15, 0.2) is 36.5 Å². The Kier molecular flexibility index (Phi) is 5.34. The molecule has 2 aromatic rings. The first-order valence-electron chi connectivity index (χ1n) is 6.80. The van der Waals surface area contributed by atoms with E-state index in [0.717, 1.165) is 18.7 Å². The maximum absolute atomic E-state index is 10.8. The van der Waals surface area contributed by atoms with Crippen molar-refractivity contribution < 1.29 is 14.6 Å². The van der Waals surface area contributed by atoms with Crippen molar-refractivity contribution in [3.8, 4) is 5.75 Å². The van der Waals surface area contributed by atoms with Crippen LogP contribution < -0.4 is 10.1 Å². The summed E-state index contributed by atoms with van der Waals surface area (Å²) in [6.07, 6.45) is 2.79. The van der Waals surface area contributed by atoms with Crippen molar-refractivity contribution in [1.29, 1.82) is 0 Å². The number of aromatic nitrogens is 2. The van der Waals surface area contributed by atoms with Gasteiger partial charge < -0.3 is 15.2 Å². The average Bonchev–Trinajstić information content (AvgIpc) is 2.88. The van der Waals surface area contributed by atoms with E-state index in [1.807, 2.05) is 19.3 Å². The maximum atomic E-state index is 10.8. The minimum atomic E-state index is -0.950. The lowest BCUT2D eigenvalue weighted by Gasteiger charge is -2.07. The lowest BCUT2D eigenvalue weighted by Crippen LogP contribution is -2.23. The molecular formula is C15H19N3O3. The van der Waals surface area contributed by atoms with Gasteiger partial charge in [-0.05, 0) is 24.3 Å². The Hall–Kier alpha value is -2.34. The smallest absolute Gasteiger partial charge is 0.335 e. The third-order valence-electron chi connectivity index (χ3n) is 2.96. The molecule has 0 saturated carbocycles. The molecule has 6 nitrogen and oxygen atoms in total. The molecule has 0 aliphatic carbocycles. The van der Waals surface area contributed by atoms with E-state index >= 15 is 0 Å². The quantitative estimate of drug-likeness (QED) is 0.717. The van der Waals surface area contributed by atoms with Crippen molar-refractivity contribution in [2.45, 2.75) is 6.42 Å². The van der Waals surface area contributed by atoms with Crippen molar-refractivity contribution in [3.05, 3.63) is 47.8 Å². The van der Waals surface area contributed by atoms with Gasteiger partial charge in [0.05, 0.1) is 11.3 Å². The average molecular weight is 289 g/mol. The van der Waals surface area contributed by atoms with Crippen molar-refractivity contribution in [3.63, 3.8) is 0 Å². The Morgan fingerprint density at radius 2 is 2.24 bits per heavy atom. The summed E-state index contributed by atoms with van der Waals surface area (Å²) < 4.78 is 7.29. The number of carboxylic acid groups (broad SMARTS) is 1. The molecule has 0 spiro atoms. The fourth-order valence-electron chi connectivity index (χ4n) is 1.90. The highest BCUT2D eigenvalue weighted by molar-refractivity contribution is 5.87. The first-order valence-corrected chi connectivity index (χ1v) is 6.80. The number of nitrogens with zero attached hydrogens (tertiary/aromatic N) is 2. The molecule has 1 aromatic heterocycles. The highest BCUT2D eigenvalue weighted by Crippen LogP contribution is 2.12. The topological polar surface area (TPSA) is 76.4 Å². The molecule has 0 fully saturated rings. The Balaban J connectivity index is 1.63. The minimum absolute atomic E-state index is 0.232. The van der Waals surface area contributed by atoms with Crippen molar-refractivity contribution in [2.24, 2.45) is 7.05 Å². The molecule has 112 valence electrons. The van der Waals surface area contributed by atoms with Crippen molar-refractivity contribution in [2.75, 3.05) is 19.7 Å². The number of hydrogen-bond donors (Lipinski definition) is 2. The van der Waals surface area contributed by atoms with Crippen LogP contribution in [-0.2, 0) is 13.5 Å². The number of benzene rings is 1. The summed E-state index contributed by atoms with van der Waals surface area (Å²) in [6.45, 7) is 2.02. The zero-order chi connectivity index (χ0) is 15.1. The van der Waals surface area contributed by atoms with Crippen molar-refractivity contribution >= 4 is 5.97 Å². The van der Waals surface area contributed by atoms with E-state index in [4.69, 9.17) is 9.84 Å². The molecule has 0 saturated heterocycles. The first-order chi connectivity index (χ1) is 10.1. The van der Waals surface area contributed by atoms with E-state index < -0.39 is 5.97 Å². The summed E-state index contributed by atoms with van der Waals surface area (Å²) in [5.74, 6) is -0.379. The van der Waals surface area contributed by atoms with Gasteiger partial charge in [-0.25, -0.2) is 4.79 Å². The van der Waals surface area contributed by atoms with Gasteiger partial charge in [0, 0.05) is 32.8 Å². The minimum Gasteiger partial charge on any atom is -0.492 e. The van der Waals surface area contributed by atoms with E-state index in [1.165, 1.54) is 6.07 Å². The number of ether oxygens (including phenoxy) is 1. The zero-order valence-corrected chi connectivity index (χ0v) is 12.0. The van der Waals surface area contributed by atoms with Crippen LogP contribution in [0.4, 0.5) is 0 Å². The van der Waals surface area contributed by atoms with Gasteiger partial charge >= 0.3 is 5.97 Å². The summed E-state index contributed by atoms with van der Waals surface area (Å²) in [4.78, 5) is 10.8. The Bertz CT molecular complexity index is 595. The molecule has 0 unspecified atom stereocenters. The normalized spacial score (nSPS) is 10.5. The van der Waals surface area contributed by atoms with E-state index in [-0.39, 0.29) is 5.56 Å². The molecule has 0 radical (unpaired) electrons. The number of aromatic carboxylic acids is 1. The van der Waals surface area contributed by atoms with Crippen LogP contribution in [-0.4, -0.2) is 40.6 Å². The highest BCUT2D eigenvalue weighted by atomic mass is 16.5. The fourth-order valence-corrected chi connectivity index (χ4v) is 1.90. The number of carboxylic acids is 1. The van der Waals surface area contributed by atoms with Gasteiger partial charge in [-0.1, -0.05) is 6.07 Å². The van der Waals surface area contributed by atoms with E-state index in [9.17, 15) is 4.79 Å². The number of nitrogens with one attached hydrogen (secondary N) is 1. The largest absolute Gasteiger partial charge is 0.492 e. The molecule has 0 amide bonds. The van der Waals surface area contributed by atoms with Gasteiger partial charge in [0.1, 0.15) is 12.4 Å². The Labute approximate surface area is 123 Å². The zero-order valence-electron chi connectivity index (χ0n) is 12.0. The second-order valence-corrected chi connectivity index (χ2v) is 4.66. The molecule has 2 rings (SSSR count). The highest BCUT2D eigenvalue weighted by Gasteiger charge is 2.03.